The SMILES string of the molecule is C[C@@H]1CC(OCc2cc(Cl)c(F)cc2Cl)O[C@H]1C. The maximum Gasteiger partial charge on any atom is 0.158 e. The Morgan fingerprint density at radius 3 is 2.67 bits per heavy atom. The maximum atomic E-state index is 13.1. The van der Waals surface area contributed by atoms with Crippen LogP contribution in [-0.2, 0) is 16.1 Å². The van der Waals surface area contributed by atoms with Crippen molar-refractivity contribution in [2.75, 3.05) is 0 Å². The molecule has 1 aromatic carbocycles. The summed E-state index contributed by atoms with van der Waals surface area (Å²) in [4.78, 5) is 0. The average molecular weight is 293 g/mol. The summed E-state index contributed by atoms with van der Waals surface area (Å²) in [6, 6.07) is 2.68. The van der Waals surface area contributed by atoms with Crippen molar-refractivity contribution in [1.82, 2.24) is 0 Å². The van der Waals surface area contributed by atoms with E-state index in [0.717, 1.165) is 6.42 Å². The summed E-state index contributed by atoms with van der Waals surface area (Å²) in [5.41, 5.74) is 0.666. The van der Waals surface area contributed by atoms with E-state index < -0.39 is 5.82 Å². The highest BCUT2D eigenvalue weighted by molar-refractivity contribution is 6.33. The van der Waals surface area contributed by atoms with Crippen LogP contribution in [0.2, 0.25) is 10.0 Å². The lowest BCUT2D eigenvalue weighted by Gasteiger charge is -2.13. The lowest BCUT2D eigenvalue weighted by atomic mass is 10.1. The Balaban J connectivity index is 1.97. The van der Waals surface area contributed by atoms with E-state index in [9.17, 15) is 4.39 Å². The number of halogens is 3. The van der Waals surface area contributed by atoms with Gasteiger partial charge in [0.05, 0.1) is 17.7 Å². The van der Waals surface area contributed by atoms with Gasteiger partial charge in [-0.05, 0) is 30.5 Å². The molecule has 1 unspecified atom stereocenters. The first-order valence-corrected chi connectivity index (χ1v) is 6.63. The Bertz CT molecular complexity index is 429. The molecule has 0 saturated carbocycles. The summed E-state index contributed by atoms with van der Waals surface area (Å²) in [5.74, 6) is -0.0490. The molecule has 1 saturated heterocycles. The van der Waals surface area contributed by atoms with Gasteiger partial charge in [0.25, 0.3) is 0 Å². The summed E-state index contributed by atoms with van der Waals surface area (Å²) in [6.07, 6.45) is 0.824. The smallest absolute Gasteiger partial charge is 0.158 e. The number of hydrogen-bond donors (Lipinski definition) is 0. The van der Waals surface area contributed by atoms with Gasteiger partial charge in [-0.1, -0.05) is 30.1 Å². The van der Waals surface area contributed by atoms with Gasteiger partial charge in [-0.2, -0.15) is 0 Å². The molecule has 2 nitrogen and oxygen atoms in total. The molecule has 0 radical (unpaired) electrons. The molecule has 0 aliphatic carbocycles. The second-order valence-electron chi connectivity index (χ2n) is 4.65. The Morgan fingerprint density at radius 1 is 1.33 bits per heavy atom. The predicted octanol–water partition coefficient (Wildman–Crippen LogP) is 4.42. The first kappa shape index (κ1) is 14.1. The highest BCUT2D eigenvalue weighted by Crippen LogP contribution is 2.29. The molecule has 1 fully saturated rings. The fraction of sp³-hybridized carbons (Fsp3) is 0.538. The molecule has 0 spiro atoms. The minimum absolute atomic E-state index is 0.0482. The molecular weight excluding hydrogens is 278 g/mol. The van der Waals surface area contributed by atoms with Crippen LogP contribution in [0.15, 0.2) is 12.1 Å². The summed E-state index contributed by atoms with van der Waals surface area (Å²) < 4.78 is 24.4. The molecule has 5 heteroatoms. The van der Waals surface area contributed by atoms with Gasteiger partial charge in [0.15, 0.2) is 6.29 Å². The van der Waals surface area contributed by atoms with E-state index in [1.807, 2.05) is 6.92 Å². The van der Waals surface area contributed by atoms with Crippen LogP contribution in [0.5, 0.6) is 0 Å². The second-order valence-corrected chi connectivity index (χ2v) is 5.47. The molecule has 100 valence electrons. The van der Waals surface area contributed by atoms with Gasteiger partial charge in [0.2, 0.25) is 0 Å². The first-order chi connectivity index (χ1) is 8.47. The van der Waals surface area contributed by atoms with Crippen molar-refractivity contribution < 1.29 is 13.9 Å². The van der Waals surface area contributed by atoms with E-state index in [0.29, 0.717) is 16.5 Å². The first-order valence-electron chi connectivity index (χ1n) is 5.88. The molecule has 0 aromatic heterocycles. The summed E-state index contributed by atoms with van der Waals surface area (Å²) >= 11 is 11.6. The minimum Gasteiger partial charge on any atom is -0.349 e. The van der Waals surface area contributed by atoms with Crippen molar-refractivity contribution in [2.24, 2.45) is 5.92 Å². The predicted molar refractivity (Wildman–Crippen MR) is 69.3 cm³/mol. The number of ether oxygens (including phenoxy) is 2. The third-order valence-corrected chi connectivity index (χ3v) is 3.89. The highest BCUT2D eigenvalue weighted by atomic mass is 35.5. The van der Waals surface area contributed by atoms with Crippen molar-refractivity contribution in [2.45, 2.75) is 39.3 Å². The van der Waals surface area contributed by atoms with Gasteiger partial charge in [0, 0.05) is 11.4 Å². The molecule has 18 heavy (non-hydrogen) atoms. The zero-order valence-corrected chi connectivity index (χ0v) is 11.8. The third-order valence-electron chi connectivity index (χ3n) is 3.25. The van der Waals surface area contributed by atoms with Gasteiger partial charge >= 0.3 is 0 Å². The standard InChI is InChI=1S/C13H15Cl2FO2/c1-7-3-13(18-8(7)2)17-6-9-4-11(15)12(16)5-10(9)14/h4-5,7-8,13H,3,6H2,1-2H3/t7-,8+,13?/m1/s1. The summed E-state index contributed by atoms with van der Waals surface area (Å²) in [5, 5.41) is 0.364. The topological polar surface area (TPSA) is 18.5 Å². The van der Waals surface area contributed by atoms with Crippen LogP contribution in [0.1, 0.15) is 25.8 Å². The van der Waals surface area contributed by atoms with Crippen molar-refractivity contribution in [3.8, 4) is 0 Å². The highest BCUT2D eigenvalue weighted by Gasteiger charge is 2.29. The van der Waals surface area contributed by atoms with E-state index in [2.05, 4.69) is 6.92 Å². The van der Waals surface area contributed by atoms with E-state index in [1.165, 1.54) is 12.1 Å². The van der Waals surface area contributed by atoms with Crippen LogP contribution >= 0.6 is 23.2 Å². The van der Waals surface area contributed by atoms with Gasteiger partial charge in [-0.3, -0.25) is 0 Å². The Hall–Kier alpha value is -0.350. The van der Waals surface area contributed by atoms with Crippen molar-refractivity contribution in [3.05, 3.63) is 33.6 Å². The van der Waals surface area contributed by atoms with Gasteiger partial charge in [-0.15, -0.1) is 0 Å². The van der Waals surface area contributed by atoms with E-state index >= 15 is 0 Å². The second kappa shape index (κ2) is 5.74. The molecule has 1 heterocycles. The zero-order chi connectivity index (χ0) is 13.3. The normalized spacial score (nSPS) is 27.7. The van der Waals surface area contributed by atoms with Gasteiger partial charge in [0.1, 0.15) is 5.82 Å². The summed E-state index contributed by atoms with van der Waals surface area (Å²) in [6.45, 7) is 4.41. The van der Waals surface area contributed by atoms with Gasteiger partial charge < -0.3 is 9.47 Å². The minimum atomic E-state index is -0.523. The molecule has 3 atom stereocenters. The number of benzene rings is 1. The summed E-state index contributed by atoms with van der Waals surface area (Å²) in [7, 11) is 0. The molecule has 1 aliphatic heterocycles. The van der Waals surface area contributed by atoms with Crippen molar-refractivity contribution in [1.29, 1.82) is 0 Å². The third kappa shape index (κ3) is 3.15. The fourth-order valence-electron chi connectivity index (χ4n) is 1.89. The molecule has 0 N–H and O–H groups in total. The number of rotatable bonds is 3. The molecule has 1 aromatic rings. The lowest BCUT2D eigenvalue weighted by Crippen LogP contribution is -2.13. The maximum absolute atomic E-state index is 13.1. The van der Waals surface area contributed by atoms with Crippen molar-refractivity contribution >= 4 is 23.2 Å². The fourth-order valence-corrected chi connectivity index (χ4v) is 2.28. The van der Waals surface area contributed by atoms with Gasteiger partial charge in [-0.25, -0.2) is 4.39 Å². The van der Waals surface area contributed by atoms with Crippen molar-refractivity contribution in [3.63, 3.8) is 0 Å². The van der Waals surface area contributed by atoms with E-state index in [-0.39, 0.29) is 24.0 Å². The molecule has 1 aliphatic rings. The quantitative estimate of drug-likeness (QED) is 0.768. The molecule has 0 amide bonds. The molecular formula is C13H15Cl2FO2. The lowest BCUT2D eigenvalue weighted by molar-refractivity contribution is -0.137. The monoisotopic (exact) mass is 292 g/mol. The van der Waals surface area contributed by atoms with E-state index in [4.69, 9.17) is 32.7 Å². The average Bonchev–Trinajstić information content (AvgIpc) is 2.62. The van der Waals surface area contributed by atoms with Crippen LogP contribution in [0.25, 0.3) is 0 Å². The number of hydrogen-bond acceptors (Lipinski definition) is 2. The Morgan fingerprint density at radius 2 is 2.06 bits per heavy atom. The van der Waals surface area contributed by atoms with Crippen LogP contribution in [-0.4, -0.2) is 12.4 Å². The largest absolute Gasteiger partial charge is 0.349 e. The Kier molecular flexibility index (Phi) is 4.49. The molecule has 2 rings (SSSR count). The van der Waals surface area contributed by atoms with Crippen LogP contribution in [0.3, 0.4) is 0 Å². The molecule has 0 bridgehead atoms. The Labute approximate surface area is 116 Å². The van der Waals surface area contributed by atoms with Crippen LogP contribution < -0.4 is 0 Å². The van der Waals surface area contributed by atoms with Crippen LogP contribution in [0.4, 0.5) is 4.39 Å². The van der Waals surface area contributed by atoms with E-state index in [1.54, 1.807) is 0 Å². The zero-order valence-electron chi connectivity index (χ0n) is 10.3. The van der Waals surface area contributed by atoms with Crippen LogP contribution in [0, 0.1) is 11.7 Å².